The first kappa shape index (κ1) is 17.1. The number of nitro groups is 1. The number of non-ortho nitro benzene ring substituents is 1. The second-order valence-electron chi connectivity index (χ2n) is 5.56. The Kier molecular flexibility index (Phi) is 5.09. The molecule has 0 saturated heterocycles. The normalized spacial score (nSPS) is 11.3. The summed E-state index contributed by atoms with van der Waals surface area (Å²) in [6.07, 6.45) is 3.96. The Hall–Kier alpha value is -2.73. The number of anilines is 1. The van der Waals surface area contributed by atoms with Crippen LogP contribution in [0.5, 0.6) is 0 Å². The molecule has 0 saturated carbocycles. The highest BCUT2D eigenvalue weighted by molar-refractivity contribution is 7.19. The zero-order chi connectivity index (χ0) is 17.8. The Morgan fingerprint density at radius 3 is 2.48 bits per heavy atom. The van der Waals surface area contributed by atoms with E-state index in [1.807, 2.05) is 12.2 Å². The van der Waals surface area contributed by atoms with Gasteiger partial charge in [0.1, 0.15) is 5.01 Å². The van der Waals surface area contributed by atoms with Crippen molar-refractivity contribution >= 4 is 45.1 Å². The average Bonchev–Trinajstić information content (AvgIpc) is 3.04. The third kappa shape index (κ3) is 3.85. The lowest BCUT2D eigenvalue weighted by atomic mass is 10.2. The first-order chi connectivity index (χ1) is 12.1. The summed E-state index contributed by atoms with van der Waals surface area (Å²) in [5.41, 5.74) is 3.05. The topological polar surface area (TPSA) is 59.3 Å². The molecule has 0 radical (unpaired) electrons. The fourth-order valence-corrected chi connectivity index (χ4v) is 3.52. The van der Waals surface area contributed by atoms with Crippen molar-refractivity contribution in [2.75, 3.05) is 18.0 Å². The van der Waals surface area contributed by atoms with Crippen LogP contribution in [0.2, 0.25) is 0 Å². The van der Waals surface area contributed by atoms with Crippen LogP contribution < -0.4 is 4.90 Å². The number of rotatable bonds is 6. The second kappa shape index (κ2) is 7.44. The molecule has 3 aromatic rings. The molecule has 0 aliphatic heterocycles. The van der Waals surface area contributed by atoms with Gasteiger partial charge in [-0.3, -0.25) is 10.1 Å². The van der Waals surface area contributed by atoms with E-state index in [4.69, 9.17) is 0 Å². The summed E-state index contributed by atoms with van der Waals surface area (Å²) in [6, 6.07) is 13.2. The maximum Gasteiger partial charge on any atom is 0.271 e. The molecule has 0 aliphatic rings. The van der Waals surface area contributed by atoms with E-state index in [2.05, 4.69) is 48.0 Å². The molecule has 2 aromatic carbocycles. The molecule has 5 nitrogen and oxygen atoms in total. The van der Waals surface area contributed by atoms with Gasteiger partial charge in [0, 0.05) is 30.9 Å². The van der Waals surface area contributed by atoms with Gasteiger partial charge in [0.15, 0.2) is 0 Å². The van der Waals surface area contributed by atoms with E-state index >= 15 is 0 Å². The van der Waals surface area contributed by atoms with Crippen LogP contribution in [0.15, 0.2) is 42.5 Å². The van der Waals surface area contributed by atoms with E-state index in [1.54, 1.807) is 6.07 Å². The lowest BCUT2D eigenvalue weighted by Crippen LogP contribution is -2.21. The molecule has 6 heteroatoms. The molecule has 0 atom stereocenters. The molecule has 1 aromatic heterocycles. The molecule has 0 unspecified atom stereocenters. The number of nitrogens with zero attached hydrogens (tertiary/aromatic N) is 3. The Morgan fingerprint density at radius 1 is 1.12 bits per heavy atom. The van der Waals surface area contributed by atoms with E-state index < -0.39 is 4.92 Å². The summed E-state index contributed by atoms with van der Waals surface area (Å²) >= 11 is 1.52. The molecular weight excluding hydrogens is 334 g/mol. The van der Waals surface area contributed by atoms with Crippen LogP contribution in [0.25, 0.3) is 22.4 Å². The van der Waals surface area contributed by atoms with Crippen molar-refractivity contribution in [3.8, 4) is 0 Å². The van der Waals surface area contributed by atoms with Gasteiger partial charge in [0.05, 0.1) is 15.1 Å². The summed E-state index contributed by atoms with van der Waals surface area (Å²) < 4.78 is 0.946. The minimum atomic E-state index is -0.397. The van der Waals surface area contributed by atoms with E-state index in [1.165, 1.54) is 29.2 Å². The van der Waals surface area contributed by atoms with Crippen LogP contribution in [0.3, 0.4) is 0 Å². The SMILES string of the molecule is CCN(CC)c1ccc(/C=C/c2nc3cc([N+](=O)[O-])ccc3s2)cc1. The van der Waals surface area contributed by atoms with Gasteiger partial charge >= 0.3 is 0 Å². The Balaban J connectivity index is 1.79. The predicted molar refractivity (Wildman–Crippen MR) is 105 cm³/mol. The Morgan fingerprint density at radius 2 is 1.84 bits per heavy atom. The minimum Gasteiger partial charge on any atom is -0.372 e. The summed E-state index contributed by atoms with van der Waals surface area (Å²) in [5.74, 6) is 0. The second-order valence-corrected chi connectivity index (χ2v) is 6.62. The van der Waals surface area contributed by atoms with Crippen molar-refractivity contribution < 1.29 is 4.92 Å². The van der Waals surface area contributed by atoms with Gasteiger partial charge in [-0.15, -0.1) is 11.3 Å². The molecule has 1 heterocycles. The molecule has 0 spiro atoms. The number of hydrogen-bond acceptors (Lipinski definition) is 5. The number of thiazole rings is 1. The molecule has 3 rings (SSSR count). The van der Waals surface area contributed by atoms with Gasteiger partial charge in [-0.25, -0.2) is 4.98 Å². The summed E-state index contributed by atoms with van der Waals surface area (Å²) in [7, 11) is 0. The quantitative estimate of drug-likeness (QED) is 0.450. The number of nitro benzene ring substituents is 1. The van der Waals surface area contributed by atoms with Gasteiger partial charge in [-0.05, 0) is 43.7 Å². The molecule has 0 fully saturated rings. The maximum absolute atomic E-state index is 10.8. The molecular formula is C19H19N3O2S. The van der Waals surface area contributed by atoms with Crippen LogP contribution in [0.1, 0.15) is 24.4 Å². The maximum atomic E-state index is 10.8. The largest absolute Gasteiger partial charge is 0.372 e. The van der Waals surface area contributed by atoms with Crippen LogP contribution in [0.4, 0.5) is 11.4 Å². The van der Waals surface area contributed by atoms with Crippen molar-refractivity contribution in [2.45, 2.75) is 13.8 Å². The summed E-state index contributed by atoms with van der Waals surface area (Å²) in [6.45, 7) is 6.27. The average molecular weight is 353 g/mol. The Labute approximate surface area is 150 Å². The zero-order valence-electron chi connectivity index (χ0n) is 14.2. The minimum absolute atomic E-state index is 0.0697. The molecule has 0 bridgehead atoms. The monoisotopic (exact) mass is 353 g/mol. The zero-order valence-corrected chi connectivity index (χ0v) is 15.0. The molecule has 0 aliphatic carbocycles. The van der Waals surface area contributed by atoms with Crippen LogP contribution >= 0.6 is 11.3 Å². The third-order valence-corrected chi connectivity index (χ3v) is 5.04. The fourth-order valence-electron chi connectivity index (χ4n) is 2.67. The van der Waals surface area contributed by atoms with Crippen molar-refractivity contribution in [2.24, 2.45) is 0 Å². The van der Waals surface area contributed by atoms with Gasteiger partial charge in [-0.1, -0.05) is 18.2 Å². The number of fused-ring (bicyclic) bond motifs is 1. The molecule has 0 N–H and O–H groups in total. The predicted octanol–water partition coefficient (Wildman–Crippen LogP) is 5.22. The Bertz CT molecular complexity index is 912. The van der Waals surface area contributed by atoms with Gasteiger partial charge in [0.25, 0.3) is 5.69 Å². The van der Waals surface area contributed by atoms with E-state index in [0.717, 1.165) is 28.4 Å². The molecule has 25 heavy (non-hydrogen) atoms. The van der Waals surface area contributed by atoms with Gasteiger partial charge in [0.2, 0.25) is 0 Å². The van der Waals surface area contributed by atoms with E-state index in [0.29, 0.717) is 5.52 Å². The number of benzene rings is 2. The lowest BCUT2D eigenvalue weighted by molar-refractivity contribution is -0.384. The summed E-state index contributed by atoms with van der Waals surface area (Å²) in [5, 5.41) is 11.7. The van der Waals surface area contributed by atoms with Gasteiger partial charge in [-0.2, -0.15) is 0 Å². The van der Waals surface area contributed by atoms with Gasteiger partial charge < -0.3 is 4.90 Å². The number of hydrogen-bond donors (Lipinski definition) is 0. The fraction of sp³-hybridized carbons (Fsp3) is 0.211. The van der Waals surface area contributed by atoms with Crippen molar-refractivity contribution in [1.82, 2.24) is 4.98 Å². The van der Waals surface area contributed by atoms with E-state index in [9.17, 15) is 10.1 Å². The highest BCUT2D eigenvalue weighted by Crippen LogP contribution is 2.27. The van der Waals surface area contributed by atoms with Crippen molar-refractivity contribution in [3.63, 3.8) is 0 Å². The molecule has 0 amide bonds. The van der Waals surface area contributed by atoms with Crippen LogP contribution in [-0.2, 0) is 0 Å². The van der Waals surface area contributed by atoms with E-state index in [-0.39, 0.29) is 5.69 Å². The highest BCUT2D eigenvalue weighted by atomic mass is 32.1. The first-order valence-corrected chi connectivity index (χ1v) is 9.00. The first-order valence-electron chi connectivity index (χ1n) is 8.18. The molecule has 128 valence electrons. The third-order valence-electron chi connectivity index (χ3n) is 4.04. The van der Waals surface area contributed by atoms with Crippen LogP contribution in [-0.4, -0.2) is 23.0 Å². The lowest BCUT2D eigenvalue weighted by Gasteiger charge is -2.20. The number of aromatic nitrogens is 1. The van der Waals surface area contributed by atoms with Crippen LogP contribution in [0, 0.1) is 10.1 Å². The smallest absolute Gasteiger partial charge is 0.271 e. The highest BCUT2D eigenvalue weighted by Gasteiger charge is 2.09. The summed E-state index contributed by atoms with van der Waals surface area (Å²) in [4.78, 5) is 17.2. The van der Waals surface area contributed by atoms with Crippen molar-refractivity contribution in [1.29, 1.82) is 0 Å². The standard InChI is InChI=1S/C19H19N3O2S/c1-3-21(4-2)15-8-5-14(6-9-15)7-12-19-20-17-13-16(22(23)24)10-11-18(17)25-19/h5-13H,3-4H2,1-2H3/b12-7+. The van der Waals surface area contributed by atoms with Crippen molar-refractivity contribution in [3.05, 3.63) is 63.1 Å².